The molecule has 0 saturated heterocycles. The van der Waals surface area contributed by atoms with Crippen LogP contribution in [0.4, 0.5) is 5.13 Å². The quantitative estimate of drug-likeness (QED) is 0.672. The van der Waals surface area contributed by atoms with E-state index in [-0.39, 0.29) is 6.42 Å². The lowest BCUT2D eigenvalue weighted by Gasteiger charge is -2.17. The molecule has 1 aromatic heterocycles. The second-order valence-corrected chi connectivity index (χ2v) is 4.88. The van der Waals surface area contributed by atoms with Gasteiger partial charge in [0.2, 0.25) is 0 Å². The van der Waals surface area contributed by atoms with Gasteiger partial charge in [-0.05, 0) is 26.1 Å². The smallest absolute Gasteiger partial charge is 0.309 e. The van der Waals surface area contributed by atoms with Crippen molar-refractivity contribution >= 4 is 22.4 Å². The third-order valence-corrected chi connectivity index (χ3v) is 3.55. The molecule has 18 heavy (non-hydrogen) atoms. The number of hydrogen-bond donors (Lipinski definition) is 2. The summed E-state index contributed by atoms with van der Waals surface area (Å²) in [6.07, 6.45) is 1.06. The first-order valence-corrected chi connectivity index (χ1v) is 7.16. The minimum absolute atomic E-state index is 0.00235. The molecule has 0 aliphatic rings. The number of rotatable bonds is 9. The second-order valence-electron chi connectivity index (χ2n) is 4.02. The zero-order valence-electron chi connectivity index (χ0n) is 11.0. The molecule has 0 radical (unpaired) electrons. The zero-order chi connectivity index (χ0) is 13.4. The molecule has 102 valence electrons. The predicted molar refractivity (Wildman–Crippen MR) is 74.3 cm³/mol. The molecule has 1 heterocycles. The van der Waals surface area contributed by atoms with Gasteiger partial charge in [0.25, 0.3) is 0 Å². The maximum atomic E-state index is 10.5. The maximum absolute atomic E-state index is 10.5. The Morgan fingerprint density at radius 1 is 1.50 bits per heavy atom. The average molecular weight is 271 g/mol. The topological polar surface area (TPSA) is 65.5 Å². The molecule has 1 aromatic rings. The van der Waals surface area contributed by atoms with Crippen LogP contribution in [0.2, 0.25) is 0 Å². The molecule has 2 N–H and O–H groups in total. The molecule has 0 fully saturated rings. The highest BCUT2D eigenvalue weighted by Gasteiger charge is 2.05. The molecule has 0 spiro atoms. The summed E-state index contributed by atoms with van der Waals surface area (Å²) in [5.41, 5.74) is 0.624. The molecule has 0 bridgehead atoms. The molecule has 0 saturated carbocycles. The molecule has 0 atom stereocenters. The van der Waals surface area contributed by atoms with E-state index in [1.165, 1.54) is 11.3 Å². The van der Waals surface area contributed by atoms with Gasteiger partial charge < -0.3 is 15.3 Å². The molecule has 6 heteroatoms. The summed E-state index contributed by atoms with van der Waals surface area (Å²) in [5, 5.41) is 14.5. The van der Waals surface area contributed by atoms with Gasteiger partial charge in [0.1, 0.15) is 0 Å². The normalized spacial score (nSPS) is 10.8. The average Bonchev–Trinajstić information content (AvgIpc) is 2.76. The molecule has 0 unspecified atom stereocenters. The summed E-state index contributed by atoms with van der Waals surface area (Å²) in [5.74, 6) is -0.839. The first-order valence-electron chi connectivity index (χ1n) is 6.28. The van der Waals surface area contributed by atoms with Crippen molar-refractivity contribution in [1.82, 2.24) is 9.88 Å². The van der Waals surface area contributed by atoms with Crippen LogP contribution < -0.4 is 5.32 Å². The summed E-state index contributed by atoms with van der Waals surface area (Å²) in [6, 6.07) is 0. The zero-order valence-corrected chi connectivity index (χ0v) is 11.8. The Morgan fingerprint density at radius 3 is 2.83 bits per heavy atom. The number of carboxylic acids is 1. The SMILES string of the molecule is CCN(CC)CCCNc1nc(CC(=O)O)cs1. The first kappa shape index (κ1) is 14.9. The summed E-state index contributed by atoms with van der Waals surface area (Å²) >= 11 is 1.46. The lowest BCUT2D eigenvalue weighted by Crippen LogP contribution is -2.25. The number of nitrogens with zero attached hydrogens (tertiary/aromatic N) is 2. The lowest BCUT2D eigenvalue weighted by atomic mass is 10.3. The standard InChI is InChI=1S/C12H21N3O2S/c1-3-15(4-2)7-5-6-13-12-14-10(9-18-12)8-11(16)17/h9H,3-8H2,1-2H3,(H,13,14)(H,16,17). The highest BCUT2D eigenvalue weighted by atomic mass is 32.1. The van der Waals surface area contributed by atoms with E-state index in [9.17, 15) is 4.79 Å². The summed E-state index contributed by atoms with van der Waals surface area (Å²) in [6.45, 7) is 8.43. The Kier molecular flexibility index (Phi) is 6.67. The van der Waals surface area contributed by atoms with Crippen molar-refractivity contribution in [3.05, 3.63) is 11.1 Å². The molecular formula is C12H21N3O2S. The van der Waals surface area contributed by atoms with Crippen molar-refractivity contribution in [3.63, 3.8) is 0 Å². The van der Waals surface area contributed by atoms with Gasteiger partial charge in [-0.2, -0.15) is 0 Å². The predicted octanol–water partition coefficient (Wildman–Crippen LogP) is 1.91. The van der Waals surface area contributed by atoms with Crippen LogP contribution in [-0.4, -0.2) is 47.1 Å². The Hall–Kier alpha value is -1.14. The molecule has 0 aromatic carbocycles. The van der Waals surface area contributed by atoms with Crippen LogP contribution in [0.25, 0.3) is 0 Å². The summed E-state index contributed by atoms with van der Waals surface area (Å²) < 4.78 is 0. The van der Waals surface area contributed by atoms with Gasteiger partial charge in [-0.3, -0.25) is 4.79 Å². The number of aliphatic carboxylic acids is 1. The van der Waals surface area contributed by atoms with Gasteiger partial charge in [-0.15, -0.1) is 11.3 Å². The lowest BCUT2D eigenvalue weighted by molar-refractivity contribution is -0.136. The summed E-state index contributed by atoms with van der Waals surface area (Å²) in [4.78, 5) is 17.1. The van der Waals surface area contributed by atoms with E-state index in [1.807, 2.05) is 0 Å². The number of carboxylic acid groups (broad SMARTS) is 1. The Bertz CT molecular complexity index is 364. The largest absolute Gasteiger partial charge is 0.481 e. The summed E-state index contributed by atoms with van der Waals surface area (Å²) in [7, 11) is 0. The molecule has 0 aliphatic carbocycles. The monoisotopic (exact) mass is 271 g/mol. The van der Waals surface area contributed by atoms with E-state index in [2.05, 4.69) is 29.0 Å². The van der Waals surface area contributed by atoms with Crippen LogP contribution in [0.5, 0.6) is 0 Å². The fraction of sp³-hybridized carbons (Fsp3) is 0.667. The fourth-order valence-electron chi connectivity index (χ4n) is 1.66. The van der Waals surface area contributed by atoms with E-state index >= 15 is 0 Å². The molecule has 1 rings (SSSR count). The molecule has 0 amide bonds. The van der Waals surface area contributed by atoms with Crippen LogP contribution in [0.1, 0.15) is 26.0 Å². The number of anilines is 1. The van der Waals surface area contributed by atoms with Gasteiger partial charge in [0.05, 0.1) is 12.1 Å². The number of aromatic nitrogens is 1. The van der Waals surface area contributed by atoms with Crippen molar-refractivity contribution in [1.29, 1.82) is 0 Å². The number of thiazole rings is 1. The molecular weight excluding hydrogens is 250 g/mol. The number of nitrogens with one attached hydrogen (secondary N) is 1. The number of carbonyl (C=O) groups is 1. The van der Waals surface area contributed by atoms with Crippen molar-refractivity contribution in [2.75, 3.05) is 31.5 Å². The Morgan fingerprint density at radius 2 is 2.22 bits per heavy atom. The number of hydrogen-bond acceptors (Lipinski definition) is 5. The van der Waals surface area contributed by atoms with Crippen LogP contribution in [0, 0.1) is 0 Å². The van der Waals surface area contributed by atoms with E-state index in [0.29, 0.717) is 5.69 Å². The van der Waals surface area contributed by atoms with Gasteiger partial charge >= 0.3 is 5.97 Å². The van der Waals surface area contributed by atoms with Gasteiger partial charge in [0, 0.05) is 11.9 Å². The van der Waals surface area contributed by atoms with Crippen LogP contribution >= 0.6 is 11.3 Å². The van der Waals surface area contributed by atoms with Crippen molar-refractivity contribution in [2.45, 2.75) is 26.7 Å². The van der Waals surface area contributed by atoms with E-state index in [0.717, 1.165) is 37.7 Å². The fourth-order valence-corrected chi connectivity index (χ4v) is 2.40. The first-order chi connectivity index (χ1) is 8.65. The van der Waals surface area contributed by atoms with E-state index in [4.69, 9.17) is 5.11 Å². The van der Waals surface area contributed by atoms with Gasteiger partial charge in [-0.1, -0.05) is 13.8 Å². The van der Waals surface area contributed by atoms with Crippen molar-refractivity contribution < 1.29 is 9.90 Å². The Balaban J connectivity index is 2.23. The van der Waals surface area contributed by atoms with Crippen LogP contribution in [-0.2, 0) is 11.2 Å². The highest BCUT2D eigenvalue weighted by Crippen LogP contribution is 2.15. The Labute approximate surface area is 112 Å². The van der Waals surface area contributed by atoms with E-state index < -0.39 is 5.97 Å². The molecule has 5 nitrogen and oxygen atoms in total. The third kappa shape index (κ3) is 5.46. The maximum Gasteiger partial charge on any atom is 0.309 e. The van der Waals surface area contributed by atoms with Gasteiger partial charge in [0.15, 0.2) is 5.13 Å². The van der Waals surface area contributed by atoms with Crippen LogP contribution in [0.3, 0.4) is 0 Å². The highest BCUT2D eigenvalue weighted by molar-refractivity contribution is 7.13. The molecule has 0 aliphatic heterocycles. The minimum atomic E-state index is -0.839. The van der Waals surface area contributed by atoms with Gasteiger partial charge in [-0.25, -0.2) is 4.98 Å². The second kappa shape index (κ2) is 8.05. The van der Waals surface area contributed by atoms with Crippen molar-refractivity contribution in [2.24, 2.45) is 0 Å². The van der Waals surface area contributed by atoms with E-state index in [1.54, 1.807) is 5.38 Å². The van der Waals surface area contributed by atoms with Crippen molar-refractivity contribution in [3.8, 4) is 0 Å². The van der Waals surface area contributed by atoms with Crippen LogP contribution in [0.15, 0.2) is 5.38 Å². The third-order valence-electron chi connectivity index (χ3n) is 2.71. The minimum Gasteiger partial charge on any atom is -0.481 e.